The van der Waals surface area contributed by atoms with E-state index in [2.05, 4.69) is 20.9 Å². The number of rotatable bonds is 3. The molecule has 164 valence electrons. The van der Waals surface area contributed by atoms with Crippen LogP contribution in [0.3, 0.4) is 0 Å². The van der Waals surface area contributed by atoms with Gasteiger partial charge in [0.15, 0.2) is 11.2 Å². The summed E-state index contributed by atoms with van der Waals surface area (Å²) < 4.78 is 7.45. The maximum Gasteiger partial charge on any atom is 0.228 e. The van der Waals surface area contributed by atoms with Crippen LogP contribution < -0.4 is 4.74 Å². The van der Waals surface area contributed by atoms with Crippen LogP contribution in [0, 0.1) is 5.92 Å². The normalized spacial score (nSPS) is 30.3. The van der Waals surface area contributed by atoms with Gasteiger partial charge in [-0.05, 0) is 35.4 Å². The Kier molecular flexibility index (Phi) is 4.89. The number of benzene rings is 2. The molecular weight excluding hydrogens is 472 g/mol. The maximum absolute atomic E-state index is 13.4. The van der Waals surface area contributed by atoms with E-state index in [1.807, 2.05) is 54.6 Å². The second-order valence-corrected chi connectivity index (χ2v) is 9.47. The number of carbonyl (C=O) groups excluding carboxylic acids is 1. The molecule has 6 nitrogen and oxygen atoms in total. The molecule has 1 saturated carbocycles. The number of ether oxygens (including phenoxy) is 1. The lowest BCUT2D eigenvalue weighted by Crippen LogP contribution is -2.52. The van der Waals surface area contributed by atoms with E-state index in [9.17, 15) is 15.0 Å². The largest absolute Gasteiger partial charge is 0.476 e. The first kappa shape index (κ1) is 21.1. The third-order valence-corrected chi connectivity index (χ3v) is 7.22. The lowest BCUT2D eigenvalue weighted by atomic mass is 9.71. The van der Waals surface area contributed by atoms with Crippen molar-refractivity contribution in [2.75, 3.05) is 14.1 Å². The Morgan fingerprint density at radius 1 is 1.06 bits per heavy atom. The summed E-state index contributed by atoms with van der Waals surface area (Å²) in [5.74, 6) is -1.51. The molecule has 1 amide bonds. The van der Waals surface area contributed by atoms with E-state index < -0.39 is 29.1 Å². The van der Waals surface area contributed by atoms with Gasteiger partial charge < -0.3 is 19.8 Å². The molecule has 0 saturated heterocycles. The molecule has 1 fully saturated rings. The Balaban J connectivity index is 1.86. The van der Waals surface area contributed by atoms with Gasteiger partial charge in [-0.3, -0.25) is 9.78 Å². The third-order valence-electron chi connectivity index (χ3n) is 6.69. The average Bonchev–Trinajstić information content (AvgIpc) is 3.18. The fourth-order valence-electron chi connectivity index (χ4n) is 5.38. The number of carbonyl (C=O) groups is 1. The summed E-state index contributed by atoms with van der Waals surface area (Å²) in [4.78, 5) is 19.3. The maximum atomic E-state index is 13.4. The zero-order valence-corrected chi connectivity index (χ0v) is 19.2. The molecule has 0 spiro atoms. The number of aliphatic hydroxyl groups is 2. The number of halogens is 1. The summed E-state index contributed by atoms with van der Waals surface area (Å²) in [6.45, 7) is 0. The second kappa shape index (κ2) is 7.40. The van der Waals surface area contributed by atoms with Gasteiger partial charge in [-0.2, -0.15) is 0 Å². The quantitative estimate of drug-likeness (QED) is 0.584. The molecule has 2 aliphatic rings. The Morgan fingerprint density at radius 3 is 2.41 bits per heavy atom. The fourth-order valence-corrected chi connectivity index (χ4v) is 5.64. The summed E-state index contributed by atoms with van der Waals surface area (Å²) in [6.07, 6.45) is 0.116. The summed E-state index contributed by atoms with van der Waals surface area (Å²) in [5.41, 5.74) is -1.71. The highest BCUT2D eigenvalue weighted by Gasteiger charge is 2.78. The first-order chi connectivity index (χ1) is 15.3. The first-order valence-electron chi connectivity index (χ1n) is 10.4. The standard InChI is InChI=1S/C25H23BrN2O4/c1-28(2)23(30)19-20(15-7-4-3-5-8-15)25(16-10-12-17(26)13-11-16)24(31,22(19)29)21-18(32-25)9-6-14-27-21/h3-14,19-20,22,29,31H,1-2H3/t19-,20-,22-,24?,25+/m1/s1. The van der Waals surface area contributed by atoms with Crippen molar-refractivity contribution in [1.29, 1.82) is 0 Å². The lowest BCUT2D eigenvalue weighted by molar-refractivity contribution is -0.157. The van der Waals surface area contributed by atoms with Gasteiger partial charge in [0.2, 0.25) is 5.91 Å². The predicted octanol–water partition coefficient (Wildman–Crippen LogP) is 3.18. The van der Waals surface area contributed by atoms with Crippen LogP contribution >= 0.6 is 15.9 Å². The van der Waals surface area contributed by atoms with E-state index in [1.165, 1.54) is 4.90 Å². The van der Waals surface area contributed by atoms with Crippen LogP contribution in [-0.2, 0) is 16.0 Å². The van der Waals surface area contributed by atoms with Crippen molar-refractivity contribution in [3.8, 4) is 5.75 Å². The minimum Gasteiger partial charge on any atom is -0.476 e. The van der Waals surface area contributed by atoms with Crippen LogP contribution in [0.15, 0.2) is 77.4 Å². The minimum atomic E-state index is -1.94. The summed E-state index contributed by atoms with van der Waals surface area (Å²) in [7, 11) is 3.29. The smallest absolute Gasteiger partial charge is 0.228 e. The summed E-state index contributed by atoms with van der Waals surface area (Å²) in [5, 5.41) is 24.0. The molecule has 5 rings (SSSR count). The number of fused-ring (bicyclic) bond motifs is 3. The van der Waals surface area contributed by atoms with Gasteiger partial charge in [0.05, 0.1) is 5.92 Å². The topological polar surface area (TPSA) is 82.9 Å². The first-order valence-corrected chi connectivity index (χ1v) is 11.2. The molecule has 0 bridgehead atoms. The molecule has 3 aromatic rings. The molecule has 0 radical (unpaired) electrons. The summed E-state index contributed by atoms with van der Waals surface area (Å²) in [6, 6.07) is 20.3. The molecule has 32 heavy (non-hydrogen) atoms. The Labute approximate surface area is 194 Å². The molecule has 5 atom stereocenters. The van der Waals surface area contributed by atoms with E-state index in [4.69, 9.17) is 4.74 Å². The van der Waals surface area contributed by atoms with Crippen LogP contribution in [0.25, 0.3) is 0 Å². The lowest BCUT2D eigenvalue weighted by Gasteiger charge is -2.40. The van der Waals surface area contributed by atoms with Gasteiger partial charge in [0, 0.05) is 30.7 Å². The van der Waals surface area contributed by atoms with Crippen molar-refractivity contribution in [2.45, 2.75) is 23.2 Å². The van der Waals surface area contributed by atoms with Gasteiger partial charge in [-0.1, -0.05) is 58.4 Å². The zero-order chi connectivity index (χ0) is 22.7. The fraction of sp³-hybridized carbons (Fsp3) is 0.280. The van der Waals surface area contributed by atoms with Gasteiger partial charge in [-0.15, -0.1) is 0 Å². The van der Waals surface area contributed by atoms with Crippen LogP contribution in [0.4, 0.5) is 0 Å². The molecule has 2 heterocycles. The Hall–Kier alpha value is -2.74. The average molecular weight is 495 g/mol. The number of hydrogen-bond donors (Lipinski definition) is 2. The molecule has 1 unspecified atom stereocenters. The van der Waals surface area contributed by atoms with Crippen molar-refractivity contribution >= 4 is 21.8 Å². The Bertz CT molecular complexity index is 1170. The van der Waals surface area contributed by atoms with Crippen LogP contribution in [-0.4, -0.2) is 46.2 Å². The molecular formula is C25H23BrN2O4. The number of amides is 1. The molecule has 2 aromatic carbocycles. The molecule has 2 N–H and O–H groups in total. The van der Waals surface area contributed by atoms with Crippen LogP contribution in [0.1, 0.15) is 22.7 Å². The van der Waals surface area contributed by atoms with Gasteiger partial charge >= 0.3 is 0 Å². The number of pyridine rings is 1. The van der Waals surface area contributed by atoms with E-state index >= 15 is 0 Å². The number of aromatic nitrogens is 1. The van der Waals surface area contributed by atoms with Gasteiger partial charge in [0.1, 0.15) is 17.5 Å². The highest BCUT2D eigenvalue weighted by Crippen LogP contribution is 2.68. The number of nitrogens with zero attached hydrogens (tertiary/aromatic N) is 2. The second-order valence-electron chi connectivity index (χ2n) is 8.55. The zero-order valence-electron chi connectivity index (χ0n) is 17.6. The molecule has 7 heteroatoms. The van der Waals surface area contributed by atoms with E-state index in [1.54, 1.807) is 32.4 Å². The SMILES string of the molecule is CN(C)C(=O)[C@H]1[C@@H](O)C2(O)c3ncccc3O[C@@]2(c2ccc(Br)cc2)[C@@H]1c1ccccc1. The number of aliphatic hydroxyl groups excluding tert-OH is 1. The molecule has 1 aliphatic carbocycles. The van der Waals surface area contributed by atoms with Gasteiger partial charge in [0.25, 0.3) is 0 Å². The van der Waals surface area contributed by atoms with E-state index in [0.717, 1.165) is 10.0 Å². The third kappa shape index (κ3) is 2.65. The Morgan fingerprint density at radius 2 is 1.75 bits per heavy atom. The molecule has 1 aromatic heterocycles. The highest BCUT2D eigenvalue weighted by molar-refractivity contribution is 9.10. The monoisotopic (exact) mass is 494 g/mol. The van der Waals surface area contributed by atoms with E-state index in [0.29, 0.717) is 11.3 Å². The van der Waals surface area contributed by atoms with Crippen molar-refractivity contribution in [1.82, 2.24) is 9.88 Å². The van der Waals surface area contributed by atoms with Gasteiger partial charge in [-0.25, -0.2) is 0 Å². The van der Waals surface area contributed by atoms with Crippen LogP contribution in [0.5, 0.6) is 5.75 Å². The highest BCUT2D eigenvalue weighted by atomic mass is 79.9. The van der Waals surface area contributed by atoms with Crippen molar-refractivity contribution in [3.05, 3.63) is 94.2 Å². The summed E-state index contributed by atoms with van der Waals surface area (Å²) >= 11 is 3.47. The van der Waals surface area contributed by atoms with Crippen molar-refractivity contribution < 1.29 is 19.7 Å². The predicted molar refractivity (Wildman–Crippen MR) is 122 cm³/mol. The van der Waals surface area contributed by atoms with Crippen molar-refractivity contribution in [3.63, 3.8) is 0 Å². The van der Waals surface area contributed by atoms with Crippen LogP contribution in [0.2, 0.25) is 0 Å². The molecule has 1 aliphatic heterocycles. The van der Waals surface area contributed by atoms with E-state index in [-0.39, 0.29) is 11.6 Å². The minimum absolute atomic E-state index is 0.241. The van der Waals surface area contributed by atoms with Crippen molar-refractivity contribution in [2.24, 2.45) is 5.92 Å². The number of hydrogen-bond acceptors (Lipinski definition) is 5.